The molecule has 1 aliphatic heterocycles. The number of fused-ring (bicyclic) bond motifs is 1. The Balaban J connectivity index is 1.49. The Bertz CT molecular complexity index is 723. The van der Waals surface area contributed by atoms with Crippen LogP contribution in [0.25, 0.3) is 0 Å². The van der Waals surface area contributed by atoms with E-state index in [1.165, 1.54) is 0 Å². The Hall–Kier alpha value is -2.24. The van der Waals surface area contributed by atoms with Crippen LogP contribution in [0.15, 0.2) is 48.5 Å². The lowest BCUT2D eigenvalue weighted by molar-refractivity contribution is -0.117. The first-order valence-electron chi connectivity index (χ1n) is 7.72. The van der Waals surface area contributed by atoms with Gasteiger partial charge in [-0.25, -0.2) is 0 Å². The van der Waals surface area contributed by atoms with E-state index < -0.39 is 0 Å². The molecule has 2 aromatic carbocycles. The van der Waals surface area contributed by atoms with Crippen molar-refractivity contribution in [1.82, 2.24) is 4.90 Å². The Morgan fingerprint density at radius 1 is 1.25 bits per heavy atom. The molecule has 0 saturated carbocycles. The van der Waals surface area contributed by atoms with E-state index in [4.69, 9.17) is 21.1 Å². The summed E-state index contributed by atoms with van der Waals surface area (Å²) < 4.78 is 11.6. The second-order valence-corrected chi connectivity index (χ2v) is 6.19. The van der Waals surface area contributed by atoms with Crippen LogP contribution in [-0.2, 0) is 4.79 Å². The molecule has 126 valence electrons. The molecule has 5 nitrogen and oxygen atoms in total. The SMILES string of the molecule is CN(CC(=O)Nc1cccc(Cl)c1)CC1COc2ccccc2O1. The van der Waals surface area contributed by atoms with Crippen molar-refractivity contribution in [2.45, 2.75) is 6.10 Å². The molecule has 1 N–H and O–H groups in total. The summed E-state index contributed by atoms with van der Waals surface area (Å²) in [6.45, 7) is 1.32. The van der Waals surface area contributed by atoms with E-state index in [0.29, 0.717) is 23.9 Å². The number of para-hydroxylation sites is 2. The highest BCUT2D eigenvalue weighted by Gasteiger charge is 2.22. The van der Waals surface area contributed by atoms with Crippen LogP contribution in [0.5, 0.6) is 11.5 Å². The molecule has 1 heterocycles. The molecule has 0 fully saturated rings. The number of likely N-dealkylation sites (N-methyl/N-ethyl adjacent to an activating group) is 1. The van der Waals surface area contributed by atoms with Gasteiger partial charge in [-0.2, -0.15) is 0 Å². The lowest BCUT2D eigenvalue weighted by atomic mass is 10.2. The minimum atomic E-state index is -0.108. The predicted octanol–water partition coefficient (Wildman–Crippen LogP) is 3.05. The van der Waals surface area contributed by atoms with E-state index in [-0.39, 0.29) is 18.6 Å². The molecule has 0 bridgehead atoms. The topological polar surface area (TPSA) is 50.8 Å². The standard InChI is InChI=1S/C18H19ClN2O3/c1-21(11-18(22)20-14-6-4-5-13(19)9-14)10-15-12-23-16-7-2-3-8-17(16)24-15/h2-9,15H,10-12H2,1H3,(H,20,22). The van der Waals surface area contributed by atoms with Crippen molar-refractivity contribution in [3.63, 3.8) is 0 Å². The largest absolute Gasteiger partial charge is 0.486 e. The summed E-state index contributed by atoms with van der Waals surface area (Å²) in [5.74, 6) is 1.40. The highest BCUT2D eigenvalue weighted by atomic mass is 35.5. The number of halogens is 1. The summed E-state index contributed by atoms with van der Waals surface area (Å²) in [6.07, 6.45) is -0.108. The first-order valence-corrected chi connectivity index (χ1v) is 8.10. The van der Waals surface area contributed by atoms with Gasteiger partial charge in [-0.15, -0.1) is 0 Å². The molecule has 1 aliphatic rings. The van der Waals surface area contributed by atoms with Crippen LogP contribution >= 0.6 is 11.6 Å². The fourth-order valence-corrected chi connectivity index (χ4v) is 2.77. The van der Waals surface area contributed by atoms with Crippen LogP contribution in [0.3, 0.4) is 0 Å². The molecule has 2 aromatic rings. The number of amides is 1. The highest BCUT2D eigenvalue weighted by Crippen LogP contribution is 2.30. The average molecular weight is 347 g/mol. The van der Waals surface area contributed by atoms with Crippen molar-refractivity contribution >= 4 is 23.2 Å². The molecule has 0 radical (unpaired) electrons. The first-order chi connectivity index (χ1) is 11.6. The monoisotopic (exact) mass is 346 g/mol. The molecule has 3 rings (SSSR count). The summed E-state index contributed by atoms with van der Waals surface area (Å²) in [4.78, 5) is 14.0. The van der Waals surface area contributed by atoms with Gasteiger partial charge in [0.1, 0.15) is 12.7 Å². The van der Waals surface area contributed by atoms with Gasteiger partial charge in [0, 0.05) is 17.3 Å². The third-order valence-electron chi connectivity index (χ3n) is 3.60. The number of nitrogens with zero attached hydrogens (tertiary/aromatic N) is 1. The summed E-state index contributed by atoms with van der Waals surface area (Å²) in [5.41, 5.74) is 0.687. The maximum atomic E-state index is 12.1. The lowest BCUT2D eigenvalue weighted by Crippen LogP contribution is -2.42. The average Bonchev–Trinajstić information content (AvgIpc) is 2.54. The van der Waals surface area contributed by atoms with E-state index >= 15 is 0 Å². The minimum Gasteiger partial charge on any atom is -0.486 e. The molecule has 1 atom stereocenters. The Labute approximate surface area is 146 Å². The van der Waals surface area contributed by atoms with Crippen molar-refractivity contribution in [2.24, 2.45) is 0 Å². The van der Waals surface area contributed by atoms with E-state index in [1.54, 1.807) is 24.3 Å². The van der Waals surface area contributed by atoms with Crippen molar-refractivity contribution in [2.75, 3.05) is 32.1 Å². The van der Waals surface area contributed by atoms with Gasteiger partial charge in [-0.3, -0.25) is 9.69 Å². The Morgan fingerprint density at radius 2 is 2.04 bits per heavy atom. The number of carbonyl (C=O) groups is 1. The number of benzene rings is 2. The Kier molecular flexibility index (Phi) is 5.23. The molecule has 0 spiro atoms. The minimum absolute atomic E-state index is 0.100. The zero-order valence-electron chi connectivity index (χ0n) is 13.4. The van der Waals surface area contributed by atoms with E-state index in [2.05, 4.69) is 5.32 Å². The van der Waals surface area contributed by atoms with Crippen molar-refractivity contribution in [3.8, 4) is 11.5 Å². The number of carbonyl (C=O) groups excluding carboxylic acids is 1. The Morgan fingerprint density at radius 3 is 2.83 bits per heavy atom. The number of nitrogens with one attached hydrogen (secondary N) is 1. The predicted molar refractivity (Wildman–Crippen MR) is 93.9 cm³/mol. The molecular weight excluding hydrogens is 328 g/mol. The normalized spacial score (nSPS) is 16.0. The quantitative estimate of drug-likeness (QED) is 0.904. The molecule has 0 aliphatic carbocycles. The highest BCUT2D eigenvalue weighted by molar-refractivity contribution is 6.30. The molecule has 0 saturated heterocycles. The van der Waals surface area contributed by atoms with Gasteiger partial charge in [0.25, 0.3) is 0 Å². The van der Waals surface area contributed by atoms with E-state index in [1.807, 2.05) is 36.2 Å². The molecule has 0 aromatic heterocycles. The summed E-state index contributed by atoms with van der Waals surface area (Å²) in [6, 6.07) is 14.7. The van der Waals surface area contributed by atoms with Crippen molar-refractivity contribution in [3.05, 3.63) is 53.6 Å². The molecule has 1 amide bonds. The number of anilines is 1. The van der Waals surface area contributed by atoms with Crippen LogP contribution in [0.1, 0.15) is 0 Å². The third kappa shape index (κ3) is 4.40. The van der Waals surface area contributed by atoms with Crippen LogP contribution < -0.4 is 14.8 Å². The first kappa shape index (κ1) is 16.6. The van der Waals surface area contributed by atoms with Gasteiger partial charge >= 0.3 is 0 Å². The summed E-state index contributed by atoms with van der Waals surface area (Å²) >= 11 is 5.91. The second-order valence-electron chi connectivity index (χ2n) is 5.75. The van der Waals surface area contributed by atoms with Crippen molar-refractivity contribution in [1.29, 1.82) is 0 Å². The smallest absolute Gasteiger partial charge is 0.238 e. The van der Waals surface area contributed by atoms with Gasteiger partial charge in [-0.1, -0.05) is 29.8 Å². The van der Waals surface area contributed by atoms with Gasteiger partial charge in [0.15, 0.2) is 11.5 Å². The lowest BCUT2D eigenvalue weighted by Gasteiger charge is -2.29. The number of hydrogen-bond donors (Lipinski definition) is 1. The van der Waals surface area contributed by atoms with Crippen molar-refractivity contribution < 1.29 is 14.3 Å². The van der Waals surface area contributed by atoms with E-state index in [9.17, 15) is 4.79 Å². The number of rotatable bonds is 5. The summed E-state index contributed by atoms with van der Waals surface area (Å²) in [5, 5.41) is 3.42. The number of hydrogen-bond acceptors (Lipinski definition) is 4. The molecule has 6 heteroatoms. The van der Waals surface area contributed by atoms with Crippen LogP contribution in [-0.4, -0.2) is 43.7 Å². The van der Waals surface area contributed by atoms with Gasteiger partial charge in [-0.05, 0) is 37.4 Å². The molecular formula is C18H19ClN2O3. The molecule has 24 heavy (non-hydrogen) atoms. The van der Waals surface area contributed by atoms with Gasteiger partial charge in [0.2, 0.25) is 5.91 Å². The zero-order valence-corrected chi connectivity index (χ0v) is 14.1. The third-order valence-corrected chi connectivity index (χ3v) is 3.84. The van der Waals surface area contributed by atoms with Crippen LogP contribution in [0, 0.1) is 0 Å². The van der Waals surface area contributed by atoms with Gasteiger partial charge in [0.05, 0.1) is 6.54 Å². The maximum absolute atomic E-state index is 12.1. The second kappa shape index (κ2) is 7.55. The summed E-state index contributed by atoms with van der Waals surface area (Å²) in [7, 11) is 1.88. The fraction of sp³-hybridized carbons (Fsp3) is 0.278. The number of ether oxygens (including phenoxy) is 2. The fourth-order valence-electron chi connectivity index (χ4n) is 2.58. The zero-order chi connectivity index (χ0) is 16.9. The van der Waals surface area contributed by atoms with Gasteiger partial charge < -0.3 is 14.8 Å². The van der Waals surface area contributed by atoms with Crippen LogP contribution in [0.4, 0.5) is 5.69 Å². The van der Waals surface area contributed by atoms with E-state index in [0.717, 1.165) is 11.5 Å². The maximum Gasteiger partial charge on any atom is 0.238 e. The van der Waals surface area contributed by atoms with Crippen LogP contribution in [0.2, 0.25) is 5.02 Å². The molecule has 1 unspecified atom stereocenters.